The predicted octanol–water partition coefficient (Wildman–Crippen LogP) is 2.65. The zero-order chi connectivity index (χ0) is 10.7. The number of aromatic nitrogens is 1. The lowest BCUT2D eigenvalue weighted by Crippen LogP contribution is -2.03. The molecule has 0 amide bonds. The fourth-order valence-corrected chi connectivity index (χ4v) is 1.87. The predicted molar refractivity (Wildman–Crippen MR) is 63.6 cm³/mol. The Morgan fingerprint density at radius 2 is 2.07 bits per heavy atom. The largest absolute Gasteiger partial charge is 0.325 e. The van der Waals surface area contributed by atoms with E-state index in [0.29, 0.717) is 6.54 Å². The molecule has 1 heterocycles. The topological polar surface area (TPSA) is 38.9 Å². The Bertz CT molecular complexity index is 463. The second-order valence-corrected chi connectivity index (χ2v) is 3.74. The Labute approximate surface area is 90.1 Å². The molecule has 0 saturated carbocycles. The number of nitrogens with two attached hydrogens (primary N) is 1. The zero-order valence-corrected chi connectivity index (χ0v) is 9.03. The van der Waals surface area contributed by atoms with Crippen LogP contribution in [0.25, 0.3) is 10.8 Å². The van der Waals surface area contributed by atoms with Crippen LogP contribution < -0.4 is 5.73 Å². The summed E-state index contributed by atoms with van der Waals surface area (Å²) in [7, 11) is 0. The average molecular weight is 200 g/mol. The maximum Gasteiger partial charge on any atom is 0.0620 e. The van der Waals surface area contributed by atoms with Crippen LogP contribution in [0.3, 0.4) is 0 Å². The van der Waals surface area contributed by atoms with Crippen LogP contribution in [0.15, 0.2) is 30.3 Å². The van der Waals surface area contributed by atoms with Crippen LogP contribution in [0.2, 0.25) is 0 Å². The number of nitrogens with zero attached hydrogens (tertiary/aromatic N) is 1. The van der Waals surface area contributed by atoms with Crippen molar-refractivity contribution in [3.05, 3.63) is 41.7 Å². The summed E-state index contributed by atoms with van der Waals surface area (Å²) >= 11 is 0. The van der Waals surface area contributed by atoms with Gasteiger partial charge in [-0.25, -0.2) is 0 Å². The van der Waals surface area contributed by atoms with E-state index in [1.165, 1.54) is 10.8 Å². The van der Waals surface area contributed by atoms with E-state index in [1.54, 1.807) is 0 Å². The molecule has 0 spiro atoms. The third-order valence-corrected chi connectivity index (χ3v) is 2.57. The summed E-state index contributed by atoms with van der Waals surface area (Å²) in [5, 5.41) is 2.43. The lowest BCUT2D eigenvalue weighted by atomic mass is 10.1. The van der Waals surface area contributed by atoms with Gasteiger partial charge in [0.15, 0.2) is 0 Å². The molecule has 1 aromatic heterocycles. The van der Waals surface area contributed by atoms with Crippen molar-refractivity contribution in [1.82, 2.24) is 4.98 Å². The van der Waals surface area contributed by atoms with Crippen molar-refractivity contribution in [3.8, 4) is 0 Å². The van der Waals surface area contributed by atoms with Crippen LogP contribution in [-0.2, 0) is 13.0 Å². The van der Waals surface area contributed by atoms with Crippen LogP contribution in [-0.4, -0.2) is 4.98 Å². The third-order valence-electron chi connectivity index (χ3n) is 2.57. The minimum absolute atomic E-state index is 0.512. The molecular weight excluding hydrogens is 184 g/mol. The van der Waals surface area contributed by atoms with E-state index < -0.39 is 0 Å². The minimum atomic E-state index is 0.512. The van der Waals surface area contributed by atoms with Crippen LogP contribution in [0.4, 0.5) is 0 Å². The Kier molecular flexibility index (Phi) is 2.97. The second-order valence-electron chi connectivity index (χ2n) is 3.74. The molecule has 0 unspecified atom stereocenters. The van der Waals surface area contributed by atoms with Gasteiger partial charge in [-0.05, 0) is 17.9 Å². The van der Waals surface area contributed by atoms with Crippen molar-refractivity contribution >= 4 is 10.8 Å². The summed E-state index contributed by atoms with van der Waals surface area (Å²) in [6.45, 7) is 2.68. The molecule has 0 aliphatic heterocycles. The third kappa shape index (κ3) is 2.00. The van der Waals surface area contributed by atoms with Gasteiger partial charge in [0.1, 0.15) is 0 Å². The molecule has 1 aromatic carbocycles. The Balaban J connectivity index is 2.60. The molecular formula is C13H16N2. The van der Waals surface area contributed by atoms with E-state index in [-0.39, 0.29) is 0 Å². The van der Waals surface area contributed by atoms with Crippen molar-refractivity contribution in [2.75, 3.05) is 0 Å². The maximum absolute atomic E-state index is 5.72. The fraction of sp³-hybridized carbons (Fsp3) is 0.308. The molecule has 0 atom stereocenters. The highest BCUT2D eigenvalue weighted by Gasteiger charge is 2.03. The molecule has 15 heavy (non-hydrogen) atoms. The standard InChI is InChI=1S/C13H16N2/c1-2-5-11-8-10-6-3-4-7-12(10)13(9-14)15-11/h3-4,6-8H,2,5,9,14H2,1H3. The van der Waals surface area contributed by atoms with Gasteiger partial charge in [-0.2, -0.15) is 0 Å². The lowest BCUT2D eigenvalue weighted by Gasteiger charge is -2.06. The number of benzene rings is 1. The zero-order valence-electron chi connectivity index (χ0n) is 9.03. The number of rotatable bonds is 3. The maximum atomic E-state index is 5.72. The summed E-state index contributed by atoms with van der Waals surface area (Å²) in [5.41, 5.74) is 7.88. The van der Waals surface area contributed by atoms with Gasteiger partial charge >= 0.3 is 0 Å². The molecule has 2 rings (SSSR count). The second kappa shape index (κ2) is 4.41. The van der Waals surface area contributed by atoms with Gasteiger partial charge in [0, 0.05) is 17.6 Å². The summed E-state index contributed by atoms with van der Waals surface area (Å²) in [6.07, 6.45) is 2.15. The van der Waals surface area contributed by atoms with Crippen LogP contribution in [0, 0.1) is 0 Å². The lowest BCUT2D eigenvalue weighted by molar-refractivity contribution is 0.864. The molecule has 2 nitrogen and oxygen atoms in total. The molecule has 0 saturated heterocycles. The first-order valence-electron chi connectivity index (χ1n) is 5.42. The summed E-state index contributed by atoms with van der Waals surface area (Å²) in [6, 6.07) is 10.5. The highest BCUT2D eigenvalue weighted by Crippen LogP contribution is 2.18. The highest BCUT2D eigenvalue weighted by molar-refractivity contribution is 5.84. The highest BCUT2D eigenvalue weighted by atomic mass is 14.7. The number of pyridine rings is 1. The van der Waals surface area contributed by atoms with Crippen molar-refractivity contribution in [2.24, 2.45) is 5.73 Å². The first-order valence-corrected chi connectivity index (χ1v) is 5.42. The Hall–Kier alpha value is -1.41. The van der Waals surface area contributed by atoms with E-state index in [4.69, 9.17) is 5.73 Å². The summed E-state index contributed by atoms with van der Waals surface area (Å²) < 4.78 is 0. The minimum Gasteiger partial charge on any atom is -0.325 e. The van der Waals surface area contributed by atoms with Crippen molar-refractivity contribution < 1.29 is 0 Å². The molecule has 2 aromatic rings. The molecule has 0 radical (unpaired) electrons. The fourth-order valence-electron chi connectivity index (χ4n) is 1.87. The smallest absolute Gasteiger partial charge is 0.0620 e. The molecule has 2 N–H and O–H groups in total. The normalized spacial score (nSPS) is 10.8. The molecule has 0 aliphatic rings. The monoisotopic (exact) mass is 200 g/mol. The first kappa shape index (κ1) is 10.1. The quantitative estimate of drug-likeness (QED) is 0.827. The van der Waals surface area contributed by atoms with Gasteiger partial charge in [0.2, 0.25) is 0 Å². The van der Waals surface area contributed by atoms with Crippen LogP contribution in [0.1, 0.15) is 24.7 Å². The van der Waals surface area contributed by atoms with E-state index in [0.717, 1.165) is 24.2 Å². The van der Waals surface area contributed by atoms with E-state index in [1.807, 2.05) is 6.07 Å². The number of hydrogen-bond donors (Lipinski definition) is 1. The van der Waals surface area contributed by atoms with Crippen molar-refractivity contribution in [1.29, 1.82) is 0 Å². The van der Waals surface area contributed by atoms with Gasteiger partial charge in [0.25, 0.3) is 0 Å². The van der Waals surface area contributed by atoms with E-state index in [9.17, 15) is 0 Å². The number of hydrogen-bond acceptors (Lipinski definition) is 2. The van der Waals surface area contributed by atoms with Gasteiger partial charge in [-0.1, -0.05) is 37.6 Å². The molecule has 78 valence electrons. The van der Waals surface area contributed by atoms with Crippen LogP contribution in [0.5, 0.6) is 0 Å². The SMILES string of the molecule is CCCc1cc2ccccc2c(CN)n1. The Morgan fingerprint density at radius 1 is 1.27 bits per heavy atom. The van der Waals surface area contributed by atoms with E-state index in [2.05, 4.69) is 36.2 Å². The number of aryl methyl sites for hydroxylation is 1. The first-order chi connectivity index (χ1) is 7.35. The molecule has 2 heteroatoms. The average Bonchev–Trinajstić information content (AvgIpc) is 2.28. The van der Waals surface area contributed by atoms with Crippen LogP contribution >= 0.6 is 0 Å². The summed E-state index contributed by atoms with van der Waals surface area (Å²) in [4.78, 5) is 4.58. The van der Waals surface area contributed by atoms with Gasteiger partial charge in [-0.15, -0.1) is 0 Å². The molecule has 0 aliphatic carbocycles. The summed E-state index contributed by atoms with van der Waals surface area (Å²) in [5.74, 6) is 0. The van der Waals surface area contributed by atoms with Crippen molar-refractivity contribution in [2.45, 2.75) is 26.3 Å². The van der Waals surface area contributed by atoms with E-state index >= 15 is 0 Å². The molecule has 0 bridgehead atoms. The Morgan fingerprint density at radius 3 is 2.80 bits per heavy atom. The van der Waals surface area contributed by atoms with Gasteiger partial charge in [-0.3, -0.25) is 4.98 Å². The molecule has 0 fully saturated rings. The number of fused-ring (bicyclic) bond motifs is 1. The van der Waals surface area contributed by atoms with Gasteiger partial charge in [0.05, 0.1) is 5.69 Å². The van der Waals surface area contributed by atoms with Gasteiger partial charge < -0.3 is 5.73 Å². The van der Waals surface area contributed by atoms with Crippen molar-refractivity contribution in [3.63, 3.8) is 0 Å².